The van der Waals surface area contributed by atoms with Crippen molar-refractivity contribution in [1.29, 1.82) is 0 Å². The zero-order valence-corrected chi connectivity index (χ0v) is 15.0. The standard InChI is InChI=1S/C20H27NO5/c22-17(14-24-15-19-7-4-10-26-19)12-21(13-18-6-3-9-25-18)11-16-5-1-2-8-20(16)23/h1-3,5-6,8-9,17,19,22-23H,4,7,10-15H2/p+1/t17-,19+/m1/s1. The van der Waals surface area contributed by atoms with Crippen molar-refractivity contribution in [3.63, 3.8) is 0 Å². The minimum atomic E-state index is -0.591. The summed E-state index contributed by atoms with van der Waals surface area (Å²) in [6.07, 6.45) is 3.33. The molecule has 1 aromatic carbocycles. The van der Waals surface area contributed by atoms with E-state index in [1.165, 1.54) is 0 Å². The number of hydrogen-bond acceptors (Lipinski definition) is 5. The van der Waals surface area contributed by atoms with E-state index in [0.29, 0.717) is 26.2 Å². The molecule has 6 heteroatoms. The van der Waals surface area contributed by atoms with Crippen LogP contribution in [0.1, 0.15) is 24.2 Å². The second-order valence-corrected chi connectivity index (χ2v) is 6.84. The number of ether oxygens (including phenoxy) is 2. The maximum Gasteiger partial charge on any atom is 0.157 e. The van der Waals surface area contributed by atoms with Crippen molar-refractivity contribution in [3.8, 4) is 5.75 Å². The minimum Gasteiger partial charge on any atom is -0.507 e. The first-order chi connectivity index (χ1) is 12.7. The summed E-state index contributed by atoms with van der Waals surface area (Å²) < 4.78 is 16.6. The van der Waals surface area contributed by atoms with E-state index in [2.05, 4.69) is 0 Å². The first kappa shape index (κ1) is 18.9. The molecule has 3 N–H and O–H groups in total. The van der Waals surface area contributed by atoms with Crippen LogP contribution in [0.4, 0.5) is 0 Å². The fraction of sp³-hybridized carbons (Fsp3) is 0.500. The van der Waals surface area contributed by atoms with Gasteiger partial charge in [0.2, 0.25) is 0 Å². The Balaban J connectivity index is 1.53. The van der Waals surface area contributed by atoms with E-state index in [1.54, 1.807) is 18.4 Å². The molecule has 3 atom stereocenters. The number of phenolic OH excluding ortho intramolecular Hbond substituents is 1. The Bertz CT molecular complexity index is 639. The van der Waals surface area contributed by atoms with Crippen LogP contribution in [0.25, 0.3) is 0 Å². The molecule has 0 aliphatic carbocycles. The van der Waals surface area contributed by atoms with E-state index in [0.717, 1.165) is 35.7 Å². The van der Waals surface area contributed by atoms with Gasteiger partial charge in [-0.15, -0.1) is 0 Å². The van der Waals surface area contributed by atoms with Gasteiger partial charge in [0, 0.05) is 12.2 Å². The Kier molecular flexibility index (Phi) is 7.08. The number of benzene rings is 1. The molecule has 1 aromatic heterocycles. The monoisotopic (exact) mass is 362 g/mol. The molecule has 0 radical (unpaired) electrons. The molecule has 1 aliphatic heterocycles. The lowest BCUT2D eigenvalue weighted by Crippen LogP contribution is -3.10. The first-order valence-electron chi connectivity index (χ1n) is 9.21. The van der Waals surface area contributed by atoms with Crippen LogP contribution >= 0.6 is 0 Å². The molecular weight excluding hydrogens is 334 g/mol. The zero-order chi connectivity index (χ0) is 18.2. The van der Waals surface area contributed by atoms with E-state index >= 15 is 0 Å². The van der Waals surface area contributed by atoms with Gasteiger partial charge >= 0.3 is 0 Å². The highest BCUT2D eigenvalue weighted by molar-refractivity contribution is 5.30. The van der Waals surface area contributed by atoms with Gasteiger partial charge in [0.05, 0.1) is 25.6 Å². The molecule has 1 unspecified atom stereocenters. The molecule has 0 saturated carbocycles. The first-order valence-corrected chi connectivity index (χ1v) is 9.21. The van der Waals surface area contributed by atoms with Gasteiger partial charge < -0.3 is 29.0 Å². The Labute approximate surface area is 154 Å². The quantitative estimate of drug-likeness (QED) is 0.591. The van der Waals surface area contributed by atoms with Crippen LogP contribution in [0.3, 0.4) is 0 Å². The summed E-state index contributed by atoms with van der Waals surface area (Å²) in [6.45, 7) is 3.34. The van der Waals surface area contributed by atoms with Gasteiger partial charge in [0.25, 0.3) is 0 Å². The van der Waals surface area contributed by atoms with Gasteiger partial charge in [-0.05, 0) is 37.1 Å². The van der Waals surface area contributed by atoms with E-state index in [-0.39, 0.29) is 18.5 Å². The summed E-state index contributed by atoms with van der Waals surface area (Å²) >= 11 is 0. The smallest absolute Gasteiger partial charge is 0.157 e. The third-order valence-corrected chi connectivity index (χ3v) is 4.60. The maximum absolute atomic E-state index is 10.4. The van der Waals surface area contributed by atoms with E-state index < -0.39 is 6.10 Å². The van der Waals surface area contributed by atoms with Crippen LogP contribution in [0.5, 0.6) is 5.75 Å². The Morgan fingerprint density at radius 2 is 2.08 bits per heavy atom. The largest absolute Gasteiger partial charge is 0.507 e. The van der Waals surface area contributed by atoms with Crippen molar-refractivity contribution in [3.05, 3.63) is 54.0 Å². The highest BCUT2D eigenvalue weighted by Crippen LogP contribution is 2.14. The Hall–Kier alpha value is -1.86. The third kappa shape index (κ3) is 5.85. The molecule has 142 valence electrons. The summed E-state index contributed by atoms with van der Waals surface area (Å²) in [4.78, 5) is 1.09. The summed E-state index contributed by atoms with van der Waals surface area (Å²) in [5.74, 6) is 1.12. The van der Waals surface area contributed by atoms with Crippen LogP contribution in [-0.2, 0) is 22.6 Å². The van der Waals surface area contributed by atoms with Crippen LogP contribution in [0, 0.1) is 0 Å². The van der Waals surface area contributed by atoms with Crippen molar-refractivity contribution in [2.75, 3.05) is 26.4 Å². The number of aliphatic hydroxyl groups is 1. The second kappa shape index (κ2) is 9.73. The molecule has 26 heavy (non-hydrogen) atoms. The molecule has 3 rings (SSSR count). The van der Waals surface area contributed by atoms with Gasteiger partial charge in [-0.25, -0.2) is 0 Å². The van der Waals surface area contributed by atoms with Crippen molar-refractivity contribution in [1.82, 2.24) is 0 Å². The molecule has 0 amide bonds. The SMILES string of the molecule is Oc1ccccc1C[NH+](Cc1ccco1)C[C@@H](O)COC[C@@H]1CCCO1. The highest BCUT2D eigenvalue weighted by atomic mass is 16.5. The van der Waals surface area contributed by atoms with E-state index in [4.69, 9.17) is 13.9 Å². The highest BCUT2D eigenvalue weighted by Gasteiger charge is 2.20. The lowest BCUT2D eigenvalue weighted by atomic mass is 10.1. The van der Waals surface area contributed by atoms with Crippen LogP contribution < -0.4 is 4.90 Å². The number of nitrogens with one attached hydrogen (secondary N) is 1. The predicted octanol–water partition coefficient (Wildman–Crippen LogP) is 1.13. The molecule has 1 aliphatic rings. The van der Waals surface area contributed by atoms with Crippen molar-refractivity contribution < 1.29 is 29.0 Å². The van der Waals surface area contributed by atoms with E-state index in [9.17, 15) is 10.2 Å². The number of hydrogen-bond donors (Lipinski definition) is 3. The van der Waals surface area contributed by atoms with Crippen molar-refractivity contribution in [2.45, 2.75) is 38.1 Å². The fourth-order valence-corrected chi connectivity index (χ4v) is 3.30. The second-order valence-electron chi connectivity index (χ2n) is 6.84. The molecule has 2 aromatic rings. The minimum absolute atomic E-state index is 0.162. The van der Waals surface area contributed by atoms with E-state index in [1.807, 2.05) is 24.3 Å². The number of aliphatic hydroxyl groups excluding tert-OH is 1. The van der Waals surface area contributed by atoms with Gasteiger partial charge in [0.1, 0.15) is 31.5 Å². The average Bonchev–Trinajstić information content (AvgIpc) is 3.31. The summed E-state index contributed by atoms with van der Waals surface area (Å²) in [7, 11) is 0. The van der Waals surface area contributed by atoms with Crippen LogP contribution in [-0.4, -0.2) is 48.8 Å². The third-order valence-electron chi connectivity index (χ3n) is 4.60. The molecule has 6 nitrogen and oxygen atoms in total. The fourth-order valence-electron chi connectivity index (χ4n) is 3.30. The van der Waals surface area contributed by atoms with Crippen LogP contribution in [0.15, 0.2) is 47.1 Å². The van der Waals surface area contributed by atoms with Crippen LogP contribution in [0.2, 0.25) is 0 Å². The van der Waals surface area contributed by atoms with Gasteiger partial charge in [-0.1, -0.05) is 12.1 Å². The molecule has 0 spiro atoms. The molecule has 1 fully saturated rings. The molecular formula is C20H28NO5+. The maximum atomic E-state index is 10.4. The molecule has 0 bridgehead atoms. The Morgan fingerprint density at radius 3 is 2.81 bits per heavy atom. The summed E-state index contributed by atoms with van der Waals surface area (Å²) in [5, 5.41) is 20.4. The normalized spacial score (nSPS) is 19.5. The number of rotatable bonds is 10. The molecule has 1 saturated heterocycles. The number of furan rings is 1. The number of para-hydroxylation sites is 1. The molecule has 2 heterocycles. The van der Waals surface area contributed by atoms with Gasteiger partial charge in [-0.2, -0.15) is 0 Å². The van der Waals surface area contributed by atoms with Crippen molar-refractivity contribution >= 4 is 0 Å². The van der Waals surface area contributed by atoms with Gasteiger partial charge in [0.15, 0.2) is 5.76 Å². The number of aromatic hydroxyl groups is 1. The lowest BCUT2D eigenvalue weighted by molar-refractivity contribution is -0.931. The number of quaternary nitrogens is 1. The number of phenols is 1. The Morgan fingerprint density at radius 1 is 1.19 bits per heavy atom. The zero-order valence-electron chi connectivity index (χ0n) is 15.0. The lowest BCUT2D eigenvalue weighted by Gasteiger charge is -2.22. The summed E-state index contributed by atoms with van der Waals surface area (Å²) in [5.41, 5.74) is 0.849. The predicted molar refractivity (Wildman–Crippen MR) is 95.9 cm³/mol. The topological polar surface area (TPSA) is 76.5 Å². The summed E-state index contributed by atoms with van der Waals surface area (Å²) in [6, 6.07) is 11.1. The average molecular weight is 362 g/mol. The van der Waals surface area contributed by atoms with Gasteiger partial charge in [-0.3, -0.25) is 0 Å². The van der Waals surface area contributed by atoms with Crippen molar-refractivity contribution in [2.24, 2.45) is 0 Å².